The van der Waals surface area contributed by atoms with Crippen molar-refractivity contribution in [2.75, 3.05) is 6.61 Å². The highest BCUT2D eigenvalue weighted by atomic mass is 32.3. The summed E-state index contributed by atoms with van der Waals surface area (Å²) < 4.78 is 70.2. The van der Waals surface area contributed by atoms with Gasteiger partial charge in [0.25, 0.3) is 0 Å². The van der Waals surface area contributed by atoms with Gasteiger partial charge in [-0.15, -0.1) is 0 Å². The molecule has 0 aromatic carbocycles. The van der Waals surface area contributed by atoms with E-state index in [-0.39, 0.29) is 6.42 Å². The van der Waals surface area contributed by atoms with Crippen LogP contribution in [0.1, 0.15) is 13.3 Å². The monoisotopic (exact) mass is 321 g/mol. The average Bonchev–Trinajstić information content (AvgIpc) is 2.18. The molecule has 10 nitrogen and oxygen atoms in total. The minimum absolute atomic E-state index is 0.132. The van der Waals surface area contributed by atoms with Crippen LogP contribution in [0.15, 0.2) is 0 Å². The molecule has 0 aromatic rings. The van der Waals surface area contributed by atoms with Crippen molar-refractivity contribution in [3.63, 3.8) is 0 Å². The lowest BCUT2D eigenvalue weighted by atomic mass is 9.97. The van der Waals surface area contributed by atoms with Crippen molar-refractivity contribution in [2.24, 2.45) is 0 Å². The summed E-state index contributed by atoms with van der Waals surface area (Å²) in [6.07, 6.45) is -3.01. The van der Waals surface area contributed by atoms with Crippen LogP contribution in [0.2, 0.25) is 0 Å². The van der Waals surface area contributed by atoms with E-state index in [9.17, 15) is 21.9 Å². The highest BCUT2D eigenvalue weighted by Crippen LogP contribution is 2.21. The second kappa shape index (κ2) is 5.97. The SMILES string of the molecule is CC1OC(COS(=O)(=O)O)CC(O)C1NS(=O)(=O)O. The minimum Gasteiger partial charge on any atom is -0.391 e. The van der Waals surface area contributed by atoms with E-state index in [0.29, 0.717) is 0 Å². The number of aliphatic hydroxyl groups is 1. The maximum absolute atomic E-state index is 10.7. The lowest BCUT2D eigenvalue weighted by Crippen LogP contribution is -2.56. The molecule has 19 heavy (non-hydrogen) atoms. The Hall–Kier alpha value is -0.340. The van der Waals surface area contributed by atoms with Crippen molar-refractivity contribution in [1.82, 2.24) is 4.72 Å². The first kappa shape index (κ1) is 16.7. The molecule has 1 aliphatic rings. The molecule has 4 unspecified atom stereocenters. The van der Waals surface area contributed by atoms with Crippen LogP contribution in [-0.2, 0) is 29.6 Å². The normalized spacial score (nSPS) is 33.3. The largest absolute Gasteiger partial charge is 0.397 e. The Kier molecular flexibility index (Phi) is 5.25. The van der Waals surface area contributed by atoms with Crippen LogP contribution in [0.4, 0.5) is 0 Å². The molecule has 0 radical (unpaired) electrons. The van der Waals surface area contributed by atoms with Crippen molar-refractivity contribution in [3.05, 3.63) is 0 Å². The van der Waals surface area contributed by atoms with E-state index in [1.54, 1.807) is 4.72 Å². The van der Waals surface area contributed by atoms with E-state index >= 15 is 0 Å². The summed E-state index contributed by atoms with van der Waals surface area (Å²) in [4.78, 5) is 0. The predicted octanol–water partition coefficient (Wildman–Crippen LogP) is -1.89. The highest BCUT2D eigenvalue weighted by molar-refractivity contribution is 7.83. The molecule has 12 heteroatoms. The number of nitrogens with one attached hydrogen (secondary N) is 1. The Morgan fingerprint density at radius 2 is 1.89 bits per heavy atom. The van der Waals surface area contributed by atoms with Crippen LogP contribution in [0.3, 0.4) is 0 Å². The standard InChI is InChI=1S/C7H15NO9S2/c1-4-7(8-18(10,11)12)6(9)2-5(17-4)3-16-19(13,14)15/h4-9H,2-3H2,1H3,(H,10,11,12)(H,13,14,15). The first-order valence-electron chi connectivity index (χ1n) is 5.18. The average molecular weight is 321 g/mol. The van der Waals surface area contributed by atoms with Gasteiger partial charge in [-0.1, -0.05) is 0 Å². The van der Waals surface area contributed by atoms with Gasteiger partial charge in [-0.3, -0.25) is 9.11 Å². The molecule has 1 aliphatic heterocycles. The van der Waals surface area contributed by atoms with Crippen LogP contribution < -0.4 is 4.72 Å². The maximum atomic E-state index is 10.7. The van der Waals surface area contributed by atoms with Gasteiger partial charge in [0.05, 0.1) is 31.0 Å². The number of aliphatic hydroxyl groups excluding tert-OH is 1. The fourth-order valence-corrected chi connectivity index (χ4v) is 2.80. The van der Waals surface area contributed by atoms with E-state index < -0.39 is 51.7 Å². The zero-order valence-electron chi connectivity index (χ0n) is 9.83. The predicted molar refractivity (Wildman–Crippen MR) is 60.9 cm³/mol. The summed E-state index contributed by atoms with van der Waals surface area (Å²) >= 11 is 0. The summed E-state index contributed by atoms with van der Waals surface area (Å²) in [5.41, 5.74) is 0. The number of ether oxygens (including phenoxy) is 1. The molecule has 4 N–H and O–H groups in total. The van der Waals surface area contributed by atoms with E-state index in [0.717, 1.165) is 0 Å². The summed E-state index contributed by atoms with van der Waals surface area (Å²) in [5.74, 6) is 0. The van der Waals surface area contributed by atoms with Gasteiger partial charge in [-0.05, 0) is 6.92 Å². The summed E-state index contributed by atoms with van der Waals surface area (Å²) in [7, 11) is -9.11. The van der Waals surface area contributed by atoms with E-state index in [1.807, 2.05) is 0 Å². The molecule has 114 valence electrons. The fraction of sp³-hybridized carbons (Fsp3) is 1.00. The smallest absolute Gasteiger partial charge is 0.391 e. The molecule has 0 spiro atoms. The zero-order chi connectivity index (χ0) is 14.8. The topological polar surface area (TPSA) is 159 Å². The number of rotatable bonds is 5. The highest BCUT2D eigenvalue weighted by Gasteiger charge is 2.37. The molecule has 4 atom stereocenters. The van der Waals surface area contributed by atoms with Crippen molar-refractivity contribution in [2.45, 2.75) is 37.7 Å². The zero-order valence-corrected chi connectivity index (χ0v) is 11.5. The Balaban J connectivity index is 2.61. The molecule has 1 heterocycles. The van der Waals surface area contributed by atoms with Gasteiger partial charge in [0, 0.05) is 6.42 Å². The van der Waals surface area contributed by atoms with Crippen LogP contribution in [0.25, 0.3) is 0 Å². The molecule has 1 saturated heterocycles. The van der Waals surface area contributed by atoms with E-state index in [1.165, 1.54) is 6.92 Å². The molecule has 0 amide bonds. The third-order valence-corrected chi connectivity index (χ3v) is 3.52. The van der Waals surface area contributed by atoms with Crippen molar-refractivity contribution in [1.29, 1.82) is 0 Å². The third kappa shape index (κ3) is 6.09. The van der Waals surface area contributed by atoms with Crippen LogP contribution in [0.5, 0.6) is 0 Å². The van der Waals surface area contributed by atoms with Gasteiger partial charge in [-0.25, -0.2) is 4.18 Å². The summed E-state index contributed by atoms with van der Waals surface area (Å²) in [6, 6.07) is -1.07. The minimum atomic E-state index is -4.61. The van der Waals surface area contributed by atoms with Crippen LogP contribution in [0, 0.1) is 0 Å². The van der Waals surface area contributed by atoms with E-state index in [4.69, 9.17) is 13.8 Å². The Labute approximate surface area is 110 Å². The van der Waals surface area contributed by atoms with Gasteiger partial charge in [0.1, 0.15) is 0 Å². The molecule has 0 saturated carbocycles. The lowest BCUT2D eigenvalue weighted by Gasteiger charge is -2.37. The lowest BCUT2D eigenvalue weighted by molar-refractivity contribution is -0.117. The second-order valence-corrected chi connectivity index (χ2v) is 6.37. The summed E-state index contributed by atoms with van der Waals surface area (Å²) in [5, 5.41) is 9.72. The third-order valence-electron chi connectivity index (χ3n) is 2.52. The molecular formula is C7H15NO9S2. The maximum Gasteiger partial charge on any atom is 0.397 e. The number of hydrogen-bond acceptors (Lipinski definition) is 7. The summed E-state index contributed by atoms with van der Waals surface area (Å²) in [6.45, 7) is 0.907. The first-order chi connectivity index (χ1) is 8.48. The molecule has 0 bridgehead atoms. The van der Waals surface area contributed by atoms with Crippen LogP contribution in [-0.4, -0.2) is 62.0 Å². The van der Waals surface area contributed by atoms with Gasteiger partial charge in [0.2, 0.25) is 0 Å². The molecule has 1 fully saturated rings. The van der Waals surface area contributed by atoms with Gasteiger partial charge in [0.15, 0.2) is 0 Å². The quantitative estimate of drug-likeness (QED) is 0.424. The molecule has 0 aliphatic carbocycles. The van der Waals surface area contributed by atoms with Crippen molar-refractivity contribution < 1.29 is 40.0 Å². The fourth-order valence-electron chi connectivity index (χ4n) is 1.79. The van der Waals surface area contributed by atoms with Crippen molar-refractivity contribution in [3.8, 4) is 0 Å². The number of hydrogen-bond donors (Lipinski definition) is 4. The van der Waals surface area contributed by atoms with Gasteiger partial charge in [-0.2, -0.15) is 21.6 Å². The Morgan fingerprint density at radius 1 is 1.32 bits per heavy atom. The molecule has 0 aromatic heterocycles. The molecule has 1 rings (SSSR count). The van der Waals surface area contributed by atoms with Crippen molar-refractivity contribution >= 4 is 20.7 Å². The Bertz CT molecular complexity index is 489. The van der Waals surface area contributed by atoms with Gasteiger partial charge < -0.3 is 9.84 Å². The molecular weight excluding hydrogens is 306 g/mol. The van der Waals surface area contributed by atoms with Crippen LogP contribution >= 0.6 is 0 Å². The first-order valence-corrected chi connectivity index (χ1v) is 7.98. The van der Waals surface area contributed by atoms with E-state index in [2.05, 4.69) is 4.18 Å². The second-order valence-electron chi connectivity index (χ2n) is 4.10. The Morgan fingerprint density at radius 3 is 2.32 bits per heavy atom. The van der Waals surface area contributed by atoms with Gasteiger partial charge >= 0.3 is 20.7 Å².